The molecule has 0 aliphatic rings. The van der Waals surface area contributed by atoms with E-state index in [4.69, 9.17) is 21.1 Å². The van der Waals surface area contributed by atoms with Crippen LogP contribution >= 0.6 is 11.6 Å². The fourth-order valence-corrected chi connectivity index (χ4v) is 1.36. The van der Waals surface area contributed by atoms with Gasteiger partial charge in [-0.25, -0.2) is 4.98 Å². The van der Waals surface area contributed by atoms with Gasteiger partial charge >= 0.3 is 5.69 Å². The molecule has 0 aliphatic heterocycles. The van der Waals surface area contributed by atoms with Crippen LogP contribution in [0.4, 0.5) is 11.5 Å². The number of nitro groups is 1. The molecule has 0 amide bonds. The molecule has 1 aromatic rings. The number of methoxy groups -OCH3 is 2. The monoisotopic (exact) mass is 276 g/mol. The van der Waals surface area contributed by atoms with E-state index in [1.807, 2.05) is 0 Å². The third-order valence-electron chi connectivity index (χ3n) is 2.12. The number of nitrogens with one attached hydrogen (secondary N) is 1. The molecule has 0 radical (unpaired) electrons. The van der Waals surface area contributed by atoms with Crippen molar-refractivity contribution in [3.8, 4) is 0 Å². The van der Waals surface area contributed by atoms with Crippen molar-refractivity contribution >= 4 is 23.1 Å². The Kier molecular flexibility index (Phi) is 5.69. The first kappa shape index (κ1) is 14.6. The summed E-state index contributed by atoms with van der Waals surface area (Å²) in [6.45, 7) is 0.661. The average molecular weight is 277 g/mol. The number of rotatable bonds is 7. The Balaban J connectivity index is 2.76. The maximum Gasteiger partial charge on any atom is 0.329 e. The lowest BCUT2D eigenvalue weighted by Crippen LogP contribution is -2.27. The van der Waals surface area contributed by atoms with Gasteiger partial charge in [0, 0.05) is 20.8 Å². The zero-order chi connectivity index (χ0) is 13.5. The largest absolute Gasteiger partial charge is 0.382 e. The summed E-state index contributed by atoms with van der Waals surface area (Å²) >= 11 is 5.59. The van der Waals surface area contributed by atoms with Crippen LogP contribution in [0.2, 0.25) is 5.28 Å². The van der Waals surface area contributed by atoms with Crippen molar-refractivity contribution in [2.45, 2.75) is 6.10 Å². The Morgan fingerprint density at radius 2 is 2.33 bits per heavy atom. The Bertz CT molecular complexity index is 418. The predicted octanol–water partition coefficient (Wildman–Crippen LogP) is 1.11. The summed E-state index contributed by atoms with van der Waals surface area (Å²) in [5.41, 5.74) is -0.244. The summed E-state index contributed by atoms with van der Waals surface area (Å²) < 4.78 is 10.0. The zero-order valence-corrected chi connectivity index (χ0v) is 10.7. The maximum absolute atomic E-state index is 10.8. The molecule has 18 heavy (non-hydrogen) atoms. The number of halogens is 1. The van der Waals surface area contributed by atoms with Crippen LogP contribution in [0.5, 0.6) is 0 Å². The molecular formula is C9H13ClN4O4. The van der Waals surface area contributed by atoms with Gasteiger partial charge in [0.15, 0.2) is 0 Å². The minimum atomic E-state index is -0.587. The molecule has 9 heteroatoms. The minimum absolute atomic E-state index is 0.0538. The lowest BCUT2D eigenvalue weighted by Gasteiger charge is -2.15. The van der Waals surface area contributed by atoms with Crippen LogP contribution < -0.4 is 5.32 Å². The summed E-state index contributed by atoms with van der Waals surface area (Å²) in [5.74, 6) is 0.0538. The van der Waals surface area contributed by atoms with Gasteiger partial charge in [-0.3, -0.25) is 10.1 Å². The van der Waals surface area contributed by atoms with E-state index in [0.717, 1.165) is 6.20 Å². The molecule has 1 aromatic heterocycles. The van der Waals surface area contributed by atoms with E-state index in [2.05, 4.69) is 15.3 Å². The smallest absolute Gasteiger partial charge is 0.329 e. The number of nitrogens with zero attached hydrogens (tertiary/aromatic N) is 3. The molecule has 0 aliphatic carbocycles. The van der Waals surface area contributed by atoms with Crippen molar-refractivity contribution in [1.82, 2.24) is 9.97 Å². The summed E-state index contributed by atoms with van der Waals surface area (Å²) in [5, 5.41) is 13.5. The van der Waals surface area contributed by atoms with Gasteiger partial charge < -0.3 is 14.8 Å². The fraction of sp³-hybridized carbons (Fsp3) is 0.556. The highest BCUT2D eigenvalue weighted by atomic mass is 35.5. The highest BCUT2D eigenvalue weighted by Gasteiger charge is 2.18. The van der Waals surface area contributed by atoms with Crippen LogP contribution in [0.15, 0.2) is 6.20 Å². The van der Waals surface area contributed by atoms with Crippen molar-refractivity contribution < 1.29 is 14.4 Å². The van der Waals surface area contributed by atoms with E-state index in [1.165, 1.54) is 14.2 Å². The van der Waals surface area contributed by atoms with Gasteiger partial charge in [0.1, 0.15) is 6.20 Å². The number of anilines is 1. The van der Waals surface area contributed by atoms with Gasteiger partial charge in [-0.1, -0.05) is 0 Å². The van der Waals surface area contributed by atoms with E-state index in [0.29, 0.717) is 13.2 Å². The predicted molar refractivity (Wildman–Crippen MR) is 64.9 cm³/mol. The van der Waals surface area contributed by atoms with Gasteiger partial charge in [-0.05, 0) is 11.6 Å². The van der Waals surface area contributed by atoms with E-state index >= 15 is 0 Å². The van der Waals surface area contributed by atoms with E-state index in [9.17, 15) is 10.1 Å². The van der Waals surface area contributed by atoms with Gasteiger partial charge in [-0.2, -0.15) is 4.98 Å². The van der Waals surface area contributed by atoms with Crippen molar-refractivity contribution in [2.75, 3.05) is 32.7 Å². The third kappa shape index (κ3) is 4.06. The fourth-order valence-electron chi connectivity index (χ4n) is 1.22. The molecule has 0 saturated heterocycles. The first-order valence-electron chi connectivity index (χ1n) is 5.01. The van der Waals surface area contributed by atoms with Crippen molar-refractivity contribution in [3.63, 3.8) is 0 Å². The van der Waals surface area contributed by atoms with Gasteiger partial charge in [0.25, 0.3) is 0 Å². The second-order valence-electron chi connectivity index (χ2n) is 3.32. The van der Waals surface area contributed by atoms with Crippen molar-refractivity contribution in [3.05, 3.63) is 21.6 Å². The van der Waals surface area contributed by atoms with E-state index in [-0.39, 0.29) is 22.9 Å². The molecule has 1 heterocycles. The lowest BCUT2D eigenvalue weighted by molar-refractivity contribution is -0.384. The first-order chi connectivity index (χ1) is 8.58. The van der Waals surface area contributed by atoms with Crippen LogP contribution in [0.3, 0.4) is 0 Å². The molecule has 0 bridgehead atoms. The SMILES string of the molecule is COCC(CNc1nc(Cl)ncc1[N+](=O)[O-])OC. The molecule has 0 aromatic carbocycles. The third-order valence-corrected chi connectivity index (χ3v) is 2.30. The first-order valence-corrected chi connectivity index (χ1v) is 5.38. The number of hydrogen-bond acceptors (Lipinski definition) is 7. The number of ether oxygens (including phenoxy) is 2. The van der Waals surface area contributed by atoms with Gasteiger partial charge in [0.05, 0.1) is 17.6 Å². The Morgan fingerprint density at radius 1 is 1.61 bits per heavy atom. The van der Waals surface area contributed by atoms with Crippen LogP contribution in [0.25, 0.3) is 0 Å². The quantitative estimate of drug-likeness (QED) is 0.452. The Labute approximate surface area is 108 Å². The molecule has 8 nitrogen and oxygen atoms in total. The Morgan fingerprint density at radius 3 is 2.89 bits per heavy atom. The summed E-state index contributed by atoms with van der Waals surface area (Å²) in [4.78, 5) is 17.5. The zero-order valence-electron chi connectivity index (χ0n) is 9.92. The van der Waals surface area contributed by atoms with Crippen LogP contribution in [0.1, 0.15) is 0 Å². The molecule has 1 atom stereocenters. The molecule has 1 N–H and O–H groups in total. The maximum atomic E-state index is 10.8. The average Bonchev–Trinajstić information content (AvgIpc) is 2.34. The summed E-state index contributed by atoms with van der Waals surface area (Å²) in [6, 6.07) is 0. The second kappa shape index (κ2) is 7.04. The standard InChI is InChI=1S/C9H13ClN4O4/c1-17-5-6(18-2)3-11-8-7(14(15)16)4-12-9(10)13-8/h4,6H,3,5H2,1-2H3,(H,11,12,13). The summed E-state index contributed by atoms with van der Waals surface area (Å²) in [6.07, 6.45) is 0.804. The van der Waals surface area contributed by atoms with Crippen LogP contribution in [-0.4, -0.2) is 48.4 Å². The number of aromatic nitrogens is 2. The molecule has 0 fully saturated rings. The number of hydrogen-bond donors (Lipinski definition) is 1. The highest BCUT2D eigenvalue weighted by molar-refractivity contribution is 6.28. The van der Waals surface area contributed by atoms with E-state index in [1.54, 1.807) is 0 Å². The molecule has 0 saturated carbocycles. The van der Waals surface area contributed by atoms with Crippen molar-refractivity contribution in [1.29, 1.82) is 0 Å². The second-order valence-corrected chi connectivity index (χ2v) is 3.66. The molecule has 100 valence electrons. The molecule has 0 spiro atoms. The topological polar surface area (TPSA) is 99.4 Å². The van der Waals surface area contributed by atoms with Crippen LogP contribution in [0, 0.1) is 10.1 Å². The van der Waals surface area contributed by atoms with Gasteiger partial charge in [-0.15, -0.1) is 0 Å². The molecule has 1 unspecified atom stereocenters. The van der Waals surface area contributed by atoms with Gasteiger partial charge in [0.2, 0.25) is 11.1 Å². The van der Waals surface area contributed by atoms with E-state index < -0.39 is 4.92 Å². The summed E-state index contributed by atoms with van der Waals surface area (Å²) in [7, 11) is 3.06. The minimum Gasteiger partial charge on any atom is -0.382 e. The lowest BCUT2D eigenvalue weighted by atomic mass is 10.3. The van der Waals surface area contributed by atoms with Crippen molar-refractivity contribution in [2.24, 2.45) is 0 Å². The van der Waals surface area contributed by atoms with Crippen LogP contribution in [-0.2, 0) is 9.47 Å². The molecular weight excluding hydrogens is 264 g/mol. The molecule has 1 rings (SSSR count). The Hall–Kier alpha value is -1.51. The normalized spacial score (nSPS) is 12.2. The highest BCUT2D eigenvalue weighted by Crippen LogP contribution is 2.21.